The molecule has 0 aromatic rings. The first-order chi connectivity index (χ1) is 4.31. The predicted molar refractivity (Wildman–Crippen MR) is 38.4 cm³/mol. The number of carbonyl (C=O) groups is 1. The second-order valence-electron chi connectivity index (χ2n) is 1.42. The fraction of sp³-hybridized carbons (Fsp3) is 0.800. The smallest absolute Gasteiger partial charge is 0.315 e. The average molecular weight is 149 g/mol. The van der Waals surface area contributed by atoms with Crippen molar-refractivity contribution in [3.8, 4) is 0 Å². The van der Waals surface area contributed by atoms with Gasteiger partial charge in [-0.15, -0.1) is 11.8 Å². The molecule has 0 atom stereocenters. The van der Waals surface area contributed by atoms with Crippen LogP contribution in [0.1, 0.15) is 0 Å². The summed E-state index contributed by atoms with van der Waals surface area (Å²) in [6.45, 7) is 0.613. The molecule has 3 nitrogen and oxygen atoms in total. The molecule has 54 valence electrons. The summed E-state index contributed by atoms with van der Waals surface area (Å²) in [5.74, 6) is 1.04. The highest BCUT2D eigenvalue weighted by Gasteiger charge is 1.96. The minimum atomic E-state index is -0.187. The summed E-state index contributed by atoms with van der Waals surface area (Å²) in [6.07, 6.45) is 0. The van der Waals surface area contributed by atoms with Gasteiger partial charge in [-0.3, -0.25) is 4.79 Å². The van der Waals surface area contributed by atoms with E-state index in [9.17, 15) is 4.79 Å². The van der Waals surface area contributed by atoms with E-state index in [1.54, 1.807) is 0 Å². The molecule has 0 unspecified atom stereocenters. The minimum absolute atomic E-state index is 0.187. The molecule has 0 fully saturated rings. The van der Waals surface area contributed by atoms with Crippen molar-refractivity contribution in [1.82, 2.24) is 0 Å². The number of rotatable bonds is 4. The number of hydrogen-bond donors (Lipinski definition) is 1. The van der Waals surface area contributed by atoms with E-state index in [1.807, 2.05) is 0 Å². The van der Waals surface area contributed by atoms with Crippen LogP contribution in [0, 0.1) is 0 Å². The summed E-state index contributed by atoms with van der Waals surface area (Å²) in [4.78, 5) is 10.4. The number of esters is 1. The number of ether oxygens (including phenoxy) is 1. The molecule has 0 spiro atoms. The Bertz CT molecular complexity index is 87.0. The van der Waals surface area contributed by atoms with Crippen LogP contribution in [0.4, 0.5) is 0 Å². The Morgan fingerprint density at radius 1 is 1.78 bits per heavy atom. The third-order valence-corrected chi connectivity index (χ3v) is 1.67. The number of methoxy groups -OCH3 is 1. The summed E-state index contributed by atoms with van der Waals surface area (Å²) in [5, 5.41) is 0. The molecule has 0 aliphatic heterocycles. The quantitative estimate of drug-likeness (QED) is 0.446. The van der Waals surface area contributed by atoms with Crippen LogP contribution >= 0.6 is 11.8 Å². The van der Waals surface area contributed by atoms with Crippen LogP contribution in [0.25, 0.3) is 0 Å². The van der Waals surface area contributed by atoms with Gasteiger partial charge in [-0.2, -0.15) is 0 Å². The Hall–Kier alpha value is -0.220. The number of nitrogens with two attached hydrogens (primary N) is 1. The molecule has 0 saturated heterocycles. The van der Waals surface area contributed by atoms with Gasteiger partial charge >= 0.3 is 5.97 Å². The molecule has 0 radical (unpaired) electrons. The number of carbonyl (C=O) groups excluding carboxylic acids is 1. The van der Waals surface area contributed by atoms with Crippen molar-refractivity contribution in [2.45, 2.75) is 0 Å². The molecule has 0 aliphatic rings. The van der Waals surface area contributed by atoms with Crippen molar-refractivity contribution in [2.24, 2.45) is 5.73 Å². The molecule has 0 amide bonds. The molecule has 0 aromatic heterocycles. The van der Waals surface area contributed by atoms with E-state index in [4.69, 9.17) is 5.73 Å². The van der Waals surface area contributed by atoms with Gasteiger partial charge in [0, 0.05) is 12.3 Å². The summed E-state index contributed by atoms with van der Waals surface area (Å²) < 4.78 is 4.40. The van der Waals surface area contributed by atoms with Crippen LogP contribution in [0.15, 0.2) is 0 Å². The first-order valence-electron chi connectivity index (χ1n) is 2.66. The highest BCUT2D eigenvalue weighted by molar-refractivity contribution is 7.99. The van der Waals surface area contributed by atoms with Gasteiger partial charge in [-0.05, 0) is 0 Å². The maximum atomic E-state index is 10.4. The molecule has 0 aromatic carbocycles. The van der Waals surface area contributed by atoms with Crippen LogP contribution in [0.3, 0.4) is 0 Å². The van der Waals surface area contributed by atoms with Crippen LogP contribution in [0.2, 0.25) is 0 Å². The maximum Gasteiger partial charge on any atom is 0.315 e. The van der Waals surface area contributed by atoms with Crippen LogP contribution in [0.5, 0.6) is 0 Å². The van der Waals surface area contributed by atoms with Crippen molar-refractivity contribution < 1.29 is 9.53 Å². The lowest BCUT2D eigenvalue weighted by Gasteiger charge is -1.95. The van der Waals surface area contributed by atoms with Gasteiger partial charge in [0.05, 0.1) is 12.9 Å². The fourth-order valence-electron chi connectivity index (χ4n) is 0.298. The molecule has 0 saturated carbocycles. The third kappa shape index (κ3) is 5.65. The van der Waals surface area contributed by atoms with Gasteiger partial charge < -0.3 is 10.5 Å². The van der Waals surface area contributed by atoms with Gasteiger partial charge in [0.25, 0.3) is 0 Å². The Labute approximate surface area is 58.9 Å². The van der Waals surface area contributed by atoms with E-state index in [1.165, 1.54) is 18.9 Å². The molecular weight excluding hydrogens is 138 g/mol. The topological polar surface area (TPSA) is 52.3 Å². The van der Waals surface area contributed by atoms with Gasteiger partial charge in [-0.25, -0.2) is 0 Å². The average Bonchev–Trinajstić information content (AvgIpc) is 1.89. The molecule has 0 rings (SSSR count). The SMILES string of the molecule is COC(=O)CSCCN. The van der Waals surface area contributed by atoms with Crippen molar-refractivity contribution >= 4 is 17.7 Å². The Kier molecular flexibility index (Phi) is 5.76. The van der Waals surface area contributed by atoms with E-state index in [-0.39, 0.29) is 5.97 Å². The first-order valence-corrected chi connectivity index (χ1v) is 3.81. The minimum Gasteiger partial charge on any atom is -0.468 e. The summed E-state index contributed by atoms with van der Waals surface area (Å²) in [5.41, 5.74) is 5.18. The summed E-state index contributed by atoms with van der Waals surface area (Å²) in [6, 6.07) is 0. The molecule has 0 bridgehead atoms. The number of thioether (sulfide) groups is 1. The molecule has 4 heteroatoms. The van der Waals surface area contributed by atoms with Gasteiger partial charge in [0.1, 0.15) is 0 Å². The van der Waals surface area contributed by atoms with E-state index in [0.717, 1.165) is 5.75 Å². The standard InChI is InChI=1S/C5H11NO2S/c1-8-5(7)4-9-3-2-6/h2-4,6H2,1H3. The van der Waals surface area contributed by atoms with Gasteiger partial charge in [0.2, 0.25) is 0 Å². The Balaban J connectivity index is 2.97. The maximum absolute atomic E-state index is 10.4. The molecule has 0 aliphatic carbocycles. The van der Waals surface area contributed by atoms with E-state index in [0.29, 0.717) is 12.3 Å². The van der Waals surface area contributed by atoms with Crippen molar-refractivity contribution in [2.75, 3.05) is 25.2 Å². The van der Waals surface area contributed by atoms with Gasteiger partial charge in [-0.1, -0.05) is 0 Å². The highest BCUT2D eigenvalue weighted by Crippen LogP contribution is 1.97. The lowest BCUT2D eigenvalue weighted by molar-refractivity contribution is -0.137. The van der Waals surface area contributed by atoms with E-state index >= 15 is 0 Å². The second-order valence-corrected chi connectivity index (χ2v) is 2.52. The number of hydrogen-bond acceptors (Lipinski definition) is 4. The zero-order valence-electron chi connectivity index (χ0n) is 5.42. The van der Waals surface area contributed by atoms with Crippen LogP contribution in [-0.2, 0) is 9.53 Å². The molecule has 0 heterocycles. The van der Waals surface area contributed by atoms with Crippen molar-refractivity contribution in [3.63, 3.8) is 0 Å². The van der Waals surface area contributed by atoms with Crippen molar-refractivity contribution in [3.05, 3.63) is 0 Å². The van der Waals surface area contributed by atoms with E-state index < -0.39 is 0 Å². The Morgan fingerprint density at radius 3 is 2.89 bits per heavy atom. The summed E-state index contributed by atoms with van der Waals surface area (Å²) >= 11 is 1.49. The molecule has 9 heavy (non-hydrogen) atoms. The lowest BCUT2D eigenvalue weighted by atomic mass is 10.8. The molecular formula is C5H11NO2S. The van der Waals surface area contributed by atoms with Crippen LogP contribution < -0.4 is 5.73 Å². The van der Waals surface area contributed by atoms with E-state index in [2.05, 4.69) is 4.74 Å². The zero-order chi connectivity index (χ0) is 7.11. The fourth-order valence-corrected chi connectivity index (χ4v) is 0.893. The largest absolute Gasteiger partial charge is 0.468 e. The van der Waals surface area contributed by atoms with Crippen molar-refractivity contribution in [1.29, 1.82) is 0 Å². The highest BCUT2D eigenvalue weighted by atomic mass is 32.2. The lowest BCUT2D eigenvalue weighted by Crippen LogP contribution is -2.07. The molecule has 2 N–H and O–H groups in total. The van der Waals surface area contributed by atoms with Crippen LogP contribution in [-0.4, -0.2) is 31.1 Å². The monoisotopic (exact) mass is 149 g/mol. The predicted octanol–water partition coefficient (Wildman–Crippen LogP) is -0.149. The zero-order valence-corrected chi connectivity index (χ0v) is 6.24. The second kappa shape index (κ2) is 5.91. The first kappa shape index (κ1) is 8.78. The normalized spacial score (nSPS) is 9.11. The third-order valence-electron chi connectivity index (χ3n) is 0.710. The summed E-state index contributed by atoms with van der Waals surface area (Å²) in [7, 11) is 1.38. The Morgan fingerprint density at radius 2 is 2.44 bits per heavy atom. The van der Waals surface area contributed by atoms with Gasteiger partial charge in [0.15, 0.2) is 0 Å².